The molecule has 0 fully saturated rings. The van der Waals surface area contributed by atoms with Gasteiger partial charge in [-0.1, -0.05) is 6.07 Å². The molecule has 0 saturated heterocycles. The molecule has 0 saturated carbocycles. The Labute approximate surface area is 123 Å². The Hall–Kier alpha value is -2.56. The number of amides is 1. The first kappa shape index (κ1) is 13.4. The van der Waals surface area contributed by atoms with Gasteiger partial charge < -0.3 is 15.4 Å². The SMILES string of the molecule is Cc1ccc(CNc2ccc3c(c2)NC(=O)C(C)O3)nc1. The number of nitrogens with zero attached hydrogens (tertiary/aromatic N) is 1. The van der Waals surface area contributed by atoms with Crippen molar-refractivity contribution < 1.29 is 9.53 Å². The smallest absolute Gasteiger partial charge is 0.265 e. The van der Waals surface area contributed by atoms with E-state index in [0.717, 1.165) is 16.9 Å². The number of benzene rings is 1. The Morgan fingerprint density at radius 1 is 1.33 bits per heavy atom. The summed E-state index contributed by atoms with van der Waals surface area (Å²) in [6, 6.07) is 9.68. The number of aromatic nitrogens is 1. The van der Waals surface area contributed by atoms with Crippen LogP contribution in [0, 0.1) is 6.92 Å². The van der Waals surface area contributed by atoms with E-state index < -0.39 is 6.10 Å². The average Bonchev–Trinajstić information content (AvgIpc) is 2.48. The van der Waals surface area contributed by atoms with Gasteiger partial charge in [0.05, 0.1) is 17.9 Å². The molecule has 108 valence electrons. The normalized spacial score (nSPS) is 16.7. The maximum Gasteiger partial charge on any atom is 0.265 e. The summed E-state index contributed by atoms with van der Waals surface area (Å²) in [7, 11) is 0. The first-order valence-corrected chi connectivity index (χ1v) is 6.89. The molecular weight excluding hydrogens is 266 g/mol. The van der Waals surface area contributed by atoms with Crippen molar-refractivity contribution in [3.05, 3.63) is 47.8 Å². The largest absolute Gasteiger partial charge is 0.479 e. The number of aryl methyl sites for hydroxylation is 1. The summed E-state index contributed by atoms with van der Waals surface area (Å²) in [5, 5.41) is 6.12. The minimum Gasteiger partial charge on any atom is -0.479 e. The average molecular weight is 283 g/mol. The van der Waals surface area contributed by atoms with Crippen LogP contribution in [0.25, 0.3) is 0 Å². The van der Waals surface area contributed by atoms with E-state index in [1.807, 2.05) is 43.5 Å². The van der Waals surface area contributed by atoms with Crippen LogP contribution in [-0.4, -0.2) is 17.0 Å². The standard InChI is InChI=1S/C16H17N3O2/c1-10-3-4-13(17-8-10)9-18-12-5-6-15-14(7-12)19-16(20)11(2)21-15/h3-8,11,18H,9H2,1-2H3,(H,19,20). The fraction of sp³-hybridized carbons (Fsp3) is 0.250. The highest BCUT2D eigenvalue weighted by atomic mass is 16.5. The number of carbonyl (C=O) groups is 1. The maximum absolute atomic E-state index is 11.6. The van der Waals surface area contributed by atoms with Crippen molar-refractivity contribution in [2.24, 2.45) is 0 Å². The molecule has 1 atom stereocenters. The van der Waals surface area contributed by atoms with Gasteiger partial charge in [-0.15, -0.1) is 0 Å². The molecule has 0 radical (unpaired) electrons. The van der Waals surface area contributed by atoms with E-state index in [2.05, 4.69) is 15.6 Å². The van der Waals surface area contributed by atoms with E-state index in [4.69, 9.17) is 4.74 Å². The van der Waals surface area contributed by atoms with E-state index >= 15 is 0 Å². The zero-order chi connectivity index (χ0) is 14.8. The molecular formula is C16H17N3O2. The van der Waals surface area contributed by atoms with Crippen LogP contribution in [0.1, 0.15) is 18.2 Å². The molecule has 0 spiro atoms. The van der Waals surface area contributed by atoms with Crippen LogP contribution in [-0.2, 0) is 11.3 Å². The molecule has 2 heterocycles. The Bertz CT molecular complexity index is 668. The molecule has 1 aromatic heterocycles. The summed E-state index contributed by atoms with van der Waals surface area (Å²) in [6.45, 7) is 4.37. The van der Waals surface area contributed by atoms with Gasteiger partial charge in [-0.05, 0) is 43.7 Å². The molecule has 1 amide bonds. The van der Waals surface area contributed by atoms with Crippen molar-refractivity contribution in [3.8, 4) is 5.75 Å². The van der Waals surface area contributed by atoms with E-state index in [1.165, 1.54) is 0 Å². The summed E-state index contributed by atoms with van der Waals surface area (Å²) in [4.78, 5) is 16.0. The fourth-order valence-corrected chi connectivity index (χ4v) is 2.11. The lowest BCUT2D eigenvalue weighted by Gasteiger charge is -2.23. The number of ether oxygens (including phenoxy) is 1. The number of pyridine rings is 1. The Kier molecular flexibility index (Phi) is 3.48. The minimum atomic E-state index is -0.451. The summed E-state index contributed by atoms with van der Waals surface area (Å²) in [6.07, 6.45) is 1.40. The number of hydrogen-bond acceptors (Lipinski definition) is 4. The topological polar surface area (TPSA) is 63.2 Å². The third-order valence-electron chi connectivity index (χ3n) is 3.36. The Morgan fingerprint density at radius 2 is 2.19 bits per heavy atom. The van der Waals surface area contributed by atoms with Gasteiger partial charge in [0.2, 0.25) is 0 Å². The summed E-state index contributed by atoms with van der Waals surface area (Å²) >= 11 is 0. The lowest BCUT2D eigenvalue weighted by Crippen LogP contribution is -2.34. The second-order valence-corrected chi connectivity index (χ2v) is 5.14. The maximum atomic E-state index is 11.6. The molecule has 21 heavy (non-hydrogen) atoms. The van der Waals surface area contributed by atoms with Gasteiger partial charge in [0.25, 0.3) is 5.91 Å². The second-order valence-electron chi connectivity index (χ2n) is 5.14. The summed E-state index contributed by atoms with van der Waals surface area (Å²) in [5.74, 6) is 0.570. The van der Waals surface area contributed by atoms with Gasteiger partial charge in [0.15, 0.2) is 6.10 Å². The van der Waals surface area contributed by atoms with E-state index in [9.17, 15) is 4.79 Å². The Balaban J connectivity index is 1.71. The van der Waals surface area contributed by atoms with Gasteiger partial charge in [0, 0.05) is 11.9 Å². The van der Waals surface area contributed by atoms with Crippen LogP contribution < -0.4 is 15.4 Å². The fourth-order valence-electron chi connectivity index (χ4n) is 2.11. The molecule has 0 bridgehead atoms. The van der Waals surface area contributed by atoms with Crippen LogP contribution in [0.2, 0.25) is 0 Å². The third-order valence-corrected chi connectivity index (χ3v) is 3.36. The van der Waals surface area contributed by atoms with Crippen molar-refractivity contribution in [2.75, 3.05) is 10.6 Å². The van der Waals surface area contributed by atoms with Gasteiger partial charge in [-0.2, -0.15) is 0 Å². The number of carbonyl (C=O) groups excluding carboxylic acids is 1. The predicted octanol–water partition coefficient (Wildman–Crippen LogP) is 2.72. The predicted molar refractivity (Wildman–Crippen MR) is 81.5 cm³/mol. The molecule has 2 aromatic rings. The van der Waals surface area contributed by atoms with E-state index in [-0.39, 0.29) is 5.91 Å². The molecule has 1 aliphatic rings. The van der Waals surface area contributed by atoms with Crippen LogP contribution in [0.4, 0.5) is 11.4 Å². The van der Waals surface area contributed by atoms with Crippen LogP contribution in [0.15, 0.2) is 36.5 Å². The first-order chi connectivity index (χ1) is 10.1. The lowest BCUT2D eigenvalue weighted by molar-refractivity contribution is -0.122. The van der Waals surface area contributed by atoms with Crippen molar-refractivity contribution in [1.82, 2.24) is 4.98 Å². The highest BCUT2D eigenvalue weighted by Crippen LogP contribution is 2.32. The zero-order valence-electron chi connectivity index (χ0n) is 12.0. The lowest BCUT2D eigenvalue weighted by atomic mass is 10.2. The second kappa shape index (κ2) is 5.44. The summed E-state index contributed by atoms with van der Waals surface area (Å²) in [5.41, 5.74) is 3.71. The summed E-state index contributed by atoms with van der Waals surface area (Å²) < 4.78 is 5.52. The Morgan fingerprint density at radius 3 is 2.95 bits per heavy atom. The van der Waals surface area contributed by atoms with E-state index in [1.54, 1.807) is 6.92 Å². The van der Waals surface area contributed by atoms with Crippen LogP contribution in [0.3, 0.4) is 0 Å². The van der Waals surface area contributed by atoms with Crippen molar-refractivity contribution >= 4 is 17.3 Å². The highest BCUT2D eigenvalue weighted by Gasteiger charge is 2.23. The molecule has 0 aliphatic carbocycles. The third kappa shape index (κ3) is 2.97. The van der Waals surface area contributed by atoms with Gasteiger partial charge in [0.1, 0.15) is 5.75 Å². The quantitative estimate of drug-likeness (QED) is 0.909. The van der Waals surface area contributed by atoms with Crippen molar-refractivity contribution in [2.45, 2.75) is 26.5 Å². The molecule has 1 unspecified atom stereocenters. The molecule has 3 rings (SSSR count). The number of rotatable bonds is 3. The molecule has 5 heteroatoms. The monoisotopic (exact) mass is 283 g/mol. The van der Waals surface area contributed by atoms with Crippen LogP contribution >= 0.6 is 0 Å². The molecule has 1 aliphatic heterocycles. The molecule has 5 nitrogen and oxygen atoms in total. The number of hydrogen-bond donors (Lipinski definition) is 2. The van der Waals surface area contributed by atoms with Crippen molar-refractivity contribution in [3.63, 3.8) is 0 Å². The first-order valence-electron chi connectivity index (χ1n) is 6.89. The van der Waals surface area contributed by atoms with Crippen LogP contribution in [0.5, 0.6) is 5.75 Å². The number of fused-ring (bicyclic) bond motifs is 1. The zero-order valence-corrected chi connectivity index (χ0v) is 12.0. The number of nitrogens with one attached hydrogen (secondary N) is 2. The molecule has 1 aromatic carbocycles. The highest BCUT2D eigenvalue weighted by molar-refractivity contribution is 5.98. The van der Waals surface area contributed by atoms with E-state index in [0.29, 0.717) is 18.0 Å². The minimum absolute atomic E-state index is 0.125. The number of anilines is 2. The van der Waals surface area contributed by atoms with Gasteiger partial charge >= 0.3 is 0 Å². The van der Waals surface area contributed by atoms with Crippen molar-refractivity contribution in [1.29, 1.82) is 0 Å². The van der Waals surface area contributed by atoms with Gasteiger partial charge in [-0.25, -0.2) is 0 Å². The van der Waals surface area contributed by atoms with Gasteiger partial charge in [-0.3, -0.25) is 9.78 Å². The molecule has 2 N–H and O–H groups in total.